The largest absolute Gasteiger partial charge is 0.497 e. The standard InChI is InChI=1S/C11H17OP.C9H8/c1-4-13(5-2)11-8-6-10(12-3)7-9-11;1-2-4-8(5-3-1)9-6-7-9/h6-9H,4-5H2,1-3H3;1-7,9H. The van der Waals surface area contributed by atoms with Crippen molar-refractivity contribution in [1.82, 2.24) is 0 Å². The molecule has 0 saturated carbocycles. The molecule has 1 aliphatic carbocycles. The first-order valence-electron chi connectivity index (χ1n) is 7.90. The summed E-state index contributed by atoms with van der Waals surface area (Å²) in [7, 11) is 1.78. The molecule has 0 saturated heterocycles. The van der Waals surface area contributed by atoms with Gasteiger partial charge in [-0.25, -0.2) is 0 Å². The zero-order valence-electron chi connectivity index (χ0n) is 13.7. The van der Waals surface area contributed by atoms with Crippen LogP contribution in [0.3, 0.4) is 0 Å². The summed E-state index contributed by atoms with van der Waals surface area (Å²) in [4.78, 5) is 0. The molecule has 0 heterocycles. The summed E-state index contributed by atoms with van der Waals surface area (Å²) in [5.41, 5.74) is 1.41. The highest BCUT2D eigenvalue weighted by Gasteiger charge is 2.11. The monoisotopic (exact) mass is 312 g/mol. The van der Waals surface area contributed by atoms with Crippen LogP contribution in [0.4, 0.5) is 0 Å². The molecule has 0 N–H and O–H groups in total. The summed E-state index contributed by atoms with van der Waals surface area (Å²) in [6, 6.07) is 19.0. The molecule has 0 unspecified atom stereocenters. The Morgan fingerprint density at radius 3 is 1.91 bits per heavy atom. The Kier molecular flexibility index (Phi) is 6.68. The van der Waals surface area contributed by atoms with E-state index in [9.17, 15) is 0 Å². The van der Waals surface area contributed by atoms with E-state index in [1.807, 2.05) is 6.07 Å². The average molecular weight is 312 g/mol. The van der Waals surface area contributed by atoms with Gasteiger partial charge in [0.1, 0.15) is 5.75 Å². The van der Waals surface area contributed by atoms with Gasteiger partial charge in [0.05, 0.1) is 7.11 Å². The van der Waals surface area contributed by atoms with E-state index in [1.54, 1.807) is 7.11 Å². The molecule has 0 aliphatic heterocycles. The van der Waals surface area contributed by atoms with Gasteiger partial charge in [-0.2, -0.15) is 0 Å². The van der Waals surface area contributed by atoms with E-state index >= 15 is 0 Å². The van der Waals surface area contributed by atoms with Crippen LogP contribution in [0.25, 0.3) is 0 Å². The minimum atomic E-state index is 0.0757. The molecule has 0 spiro atoms. The summed E-state index contributed by atoms with van der Waals surface area (Å²) in [5.74, 6) is 1.61. The molecule has 0 amide bonds. The highest BCUT2D eigenvalue weighted by Crippen LogP contribution is 2.33. The van der Waals surface area contributed by atoms with Crippen LogP contribution in [-0.2, 0) is 0 Å². The van der Waals surface area contributed by atoms with Crippen molar-refractivity contribution in [1.29, 1.82) is 0 Å². The number of hydrogen-bond donors (Lipinski definition) is 0. The quantitative estimate of drug-likeness (QED) is 0.546. The van der Waals surface area contributed by atoms with Gasteiger partial charge < -0.3 is 4.74 Å². The molecule has 0 radical (unpaired) electrons. The number of ether oxygens (including phenoxy) is 1. The smallest absolute Gasteiger partial charge is 0.118 e. The first-order chi connectivity index (χ1) is 10.8. The third-order valence-electron chi connectivity index (χ3n) is 3.77. The van der Waals surface area contributed by atoms with Crippen molar-refractivity contribution in [3.05, 3.63) is 72.3 Å². The van der Waals surface area contributed by atoms with Crippen LogP contribution in [0.5, 0.6) is 5.75 Å². The molecule has 0 fully saturated rings. The maximum Gasteiger partial charge on any atom is 0.118 e. The lowest BCUT2D eigenvalue weighted by atomic mass is 10.1. The van der Waals surface area contributed by atoms with Crippen LogP contribution >= 0.6 is 7.92 Å². The SMILES string of the molecule is C1=CC1c1ccccc1.CCP(CC)c1ccc(OC)cc1. The number of benzene rings is 2. The highest BCUT2D eigenvalue weighted by atomic mass is 31.1. The van der Waals surface area contributed by atoms with Crippen LogP contribution in [-0.4, -0.2) is 19.4 Å². The fourth-order valence-electron chi connectivity index (χ4n) is 2.33. The average Bonchev–Trinajstić information content (AvgIpc) is 3.43. The summed E-state index contributed by atoms with van der Waals surface area (Å²) in [6.07, 6.45) is 6.96. The van der Waals surface area contributed by atoms with Crippen LogP contribution in [0.1, 0.15) is 25.3 Å². The van der Waals surface area contributed by atoms with Gasteiger partial charge in [0.15, 0.2) is 0 Å². The number of rotatable bonds is 5. The minimum absolute atomic E-state index is 0.0757. The second-order valence-corrected chi connectivity index (χ2v) is 8.05. The molecular formula is C20H25OP. The highest BCUT2D eigenvalue weighted by molar-refractivity contribution is 7.65. The molecule has 2 heteroatoms. The van der Waals surface area contributed by atoms with Crippen LogP contribution < -0.4 is 10.0 Å². The predicted octanol–water partition coefficient (Wildman–Crippen LogP) is 5.18. The minimum Gasteiger partial charge on any atom is -0.497 e. The Hall–Kier alpha value is -1.59. The molecule has 0 bridgehead atoms. The maximum atomic E-state index is 5.12. The molecule has 22 heavy (non-hydrogen) atoms. The van der Waals surface area contributed by atoms with E-state index in [2.05, 4.69) is 74.5 Å². The van der Waals surface area contributed by atoms with E-state index in [4.69, 9.17) is 4.74 Å². The van der Waals surface area contributed by atoms with Crippen molar-refractivity contribution in [2.75, 3.05) is 19.4 Å². The zero-order valence-corrected chi connectivity index (χ0v) is 14.6. The number of hydrogen-bond acceptors (Lipinski definition) is 1. The van der Waals surface area contributed by atoms with Crippen molar-refractivity contribution in [2.45, 2.75) is 19.8 Å². The van der Waals surface area contributed by atoms with Crippen molar-refractivity contribution in [2.24, 2.45) is 0 Å². The first kappa shape index (κ1) is 16.8. The molecule has 1 aliphatic rings. The molecule has 2 aromatic carbocycles. The van der Waals surface area contributed by atoms with Crippen LogP contribution in [0.2, 0.25) is 0 Å². The summed E-state index contributed by atoms with van der Waals surface area (Å²) < 4.78 is 5.12. The molecular weight excluding hydrogens is 287 g/mol. The molecule has 0 atom stereocenters. The third-order valence-corrected chi connectivity index (χ3v) is 6.33. The lowest BCUT2D eigenvalue weighted by molar-refractivity contribution is 0.415. The second-order valence-electron chi connectivity index (χ2n) is 5.19. The Morgan fingerprint density at radius 1 is 0.864 bits per heavy atom. The summed E-state index contributed by atoms with van der Waals surface area (Å²) in [6.45, 7) is 4.53. The Bertz CT molecular complexity index is 564. The van der Waals surface area contributed by atoms with Crippen LogP contribution in [0, 0.1) is 0 Å². The molecule has 1 nitrogen and oxygen atoms in total. The Labute approximate surface area is 135 Å². The van der Waals surface area contributed by atoms with Gasteiger partial charge in [-0.3, -0.25) is 0 Å². The fraction of sp³-hybridized carbons (Fsp3) is 0.300. The van der Waals surface area contributed by atoms with Crippen molar-refractivity contribution < 1.29 is 4.74 Å². The van der Waals surface area contributed by atoms with Gasteiger partial charge >= 0.3 is 0 Å². The molecule has 2 aromatic rings. The first-order valence-corrected chi connectivity index (χ1v) is 9.62. The van der Waals surface area contributed by atoms with Crippen LogP contribution in [0.15, 0.2) is 66.7 Å². The van der Waals surface area contributed by atoms with Gasteiger partial charge in [0.25, 0.3) is 0 Å². The van der Waals surface area contributed by atoms with E-state index in [-0.39, 0.29) is 7.92 Å². The Balaban J connectivity index is 0.000000170. The lowest BCUT2D eigenvalue weighted by Crippen LogP contribution is -2.03. The number of allylic oxidation sites excluding steroid dienone is 2. The van der Waals surface area contributed by atoms with Crippen molar-refractivity contribution in [3.63, 3.8) is 0 Å². The maximum absolute atomic E-state index is 5.12. The molecule has 116 valence electrons. The van der Waals surface area contributed by atoms with Gasteiger partial charge in [-0.05, 0) is 35.3 Å². The third kappa shape index (κ3) is 5.00. The topological polar surface area (TPSA) is 9.23 Å². The van der Waals surface area contributed by atoms with E-state index in [0.29, 0.717) is 5.92 Å². The fourth-order valence-corrected chi connectivity index (χ4v) is 4.08. The summed E-state index contributed by atoms with van der Waals surface area (Å²) >= 11 is 0. The van der Waals surface area contributed by atoms with E-state index in [0.717, 1.165) is 5.75 Å². The normalized spacial score (nSPS) is 12.7. The molecule has 3 rings (SSSR count). The van der Waals surface area contributed by atoms with Crippen molar-refractivity contribution in [3.8, 4) is 5.75 Å². The van der Waals surface area contributed by atoms with E-state index in [1.165, 1.54) is 23.2 Å². The summed E-state index contributed by atoms with van der Waals surface area (Å²) in [5, 5.41) is 1.49. The zero-order chi connectivity index (χ0) is 15.8. The van der Waals surface area contributed by atoms with Gasteiger partial charge in [-0.15, -0.1) is 0 Å². The van der Waals surface area contributed by atoms with Gasteiger partial charge in [0, 0.05) is 5.92 Å². The van der Waals surface area contributed by atoms with Gasteiger partial charge in [-0.1, -0.05) is 76.4 Å². The predicted molar refractivity (Wildman–Crippen MR) is 99.0 cm³/mol. The second kappa shape index (κ2) is 8.76. The van der Waals surface area contributed by atoms with Gasteiger partial charge in [0.2, 0.25) is 0 Å². The van der Waals surface area contributed by atoms with E-state index < -0.39 is 0 Å². The Morgan fingerprint density at radius 2 is 1.45 bits per heavy atom. The number of methoxy groups -OCH3 is 1. The van der Waals surface area contributed by atoms with Crippen molar-refractivity contribution >= 4 is 13.2 Å². The molecule has 0 aromatic heterocycles. The lowest BCUT2D eigenvalue weighted by Gasteiger charge is -2.13.